The van der Waals surface area contributed by atoms with E-state index in [1.54, 1.807) is 35.1 Å². The molecule has 1 heterocycles. The molecule has 1 aromatic heterocycles. The molecule has 1 unspecified atom stereocenters. The van der Waals surface area contributed by atoms with Gasteiger partial charge in [0.05, 0.1) is 16.4 Å². The number of hydrogen-bond acceptors (Lipinski definition) is 3. The Balaban J connectivity index is 2.05. The second-order valence-corrected chi connectivity index (χ2v) is 5.68. The van der Waals surface area contributed by atoms with Crippen LogP contribution in [-0.4, -0.2) is 21.5 Å². The molecule has 0 fully saturated rings. The second kappa shape index (κ2) is 7.11. The molecule has 1 N–H and O–H groups in total. The van der Waals surface area contributed by atoms with Gasteiger partial charge in [0.25, 0.3) is 0 Å². The van der Waals surface area contributed by atoms with Gasteiger partial charge in [0, 0.05) is 11.6 Å². The molecule has 0 saturated heterocycles. The molecule has 0 radical (unpaired) electrons. The third-order valence-electron chi connectivity index (χ3n) is 2.79. The van der Waals surface area contributed by atoms with E-state index in [-0.39, 0.29) is 6.61 Å². The SMILES string of the molecule is CCCn1ncc(Br)c1C(O)COc1cccc(Cl)c1. The molecule has 1 aromatic carbocycles. The van der Waals surface area contributed by atoms with Gasteiger partial charge in [0.15, 0.2) is 0 Å². The Bertz CT molecular complexity index is 574. The van der Waals surface area contributed by atoms with Crippen molar-refractivity contribution in [1.82, 2.24) is 9.78 Å². The van der Waals surface area contributed by atoms with Crippen LogP contribution in [-0.2, 0) is 6.54 Å². The molecule has 6 heteroatoms. The number of benzene rings is 1. The number of nitrogens with zero attached hydrogens (tertiary/aromatic N) is 2. The van der Waals surface area contributed by atoms with Crippen molar-refractivity contribution in [3.63, 3.8) is 0 Å². The minimum atomic E-state index is -0.752. The summed E-state index contributed by atoms with van der Waals surface area (Å²) in [6.07, 6.45) is 1.88. The number of aliphatic hydroxyl groups is 1. The highest BCUT2D eigenvalue weighted by atomic mass is 79.9. The molecule has 2 rings (SSSR count). The average Bonchev–Trinajstić information content (AvgIpc) is 2.78. The topological polar surface area (TPSA) is 47.3 Å². The van der Waals surface area contributed by atoms with E-state index in [1.165, 1.54) is 0 Å². The first-order valence-electron chi connectivity index (χ1n) is 6.39. The number of halogens is 2. The standard InChI is InChI=1S/C14H16BrClN2O2/c1-2-6-18-14(12(15)8-17-18)13(19)9-20-11-5-3-4-10(16)7-11/h3-5,7-8,13,19H,2,6,9H2,1H3. The van der Waals surface area contributed by atoms with Crippen LogP contribution in [0.3, 0.4) is 0 Å². The van der Waals surface area contributed by atoms with E-state index in [2.05, 4.69) is 28.0 Å². The van der Waals surface area contributed by atoms with E-state index < -0.39 is 6.10 Å². The summed E-state index contributed by atoms with van der Waals surface area (Å²) < 4.78 is 8.14. The van der Waals surface area contributed by atoms with Gasteiger partial charge in [-0.05, 0) is 40.5 Å². The largest absolute Gasteiger partial charge is 0.490 e. The summed E-state index contributed by atoms with van der Waals surface area (Å²) in [5.41, 5.74) is 0.730. The van der Waals surface area contributed by atoms with Gasteiger partial charge in [0.1, 0.15) is 18.5 Å². The summed E-state index contributed by atoms with van der Waals surface area (Å²) in [5, 5.41) is 15.1. The van der Waals surface area contributed by atoms with Crippen LogP contribution in [0.15, 0.2) is 34.9 Å². The van der Waals surface area contributed by atoms with E-state index in [4.69, 9.17) is 16.3 Å². The normalized spacial score (nSPS) is 12.4. The number of ether oxygens (including phenoxy) is 1. The molecule has 4 nitrogen and oxygen atoms in total. The van der Waals surface area contributed by atoms with E-state index in [0.717, 1.165) is 23.1 Å². The molecule has 0 bridgehead atoms. The minimum Gasteiger partial charge on any atom is -0.490 e. The zero-order valence-corrected chi connectivity index (χ0v) is 13.4. The molecule has 0 spiro atoms. The maximum Gasteiger partial charge on any atom is 0.131 e. The number of aliphatic hydroxyl groups excluding tert-OH is 1. The maximum absolute atomic E-state index is 10.3. The Morgan fingerprint density at radius 2 is 2.30 bits per heavy atom. The third-order valence-corrected chi connectivity index (χ3v) is 3.63. The van der Waals surface area contributed by atoms with Crippen LogP contribution in [0.2, 0.25) is 5.02 Å². The van der Waals surface area contributed by atoms with Gasteiger partial charge in [-0.25, -0.2) is 0 Å². The smallest absolute Gasteiger partial charge is 0.131 e. The van der Waals surface area contributed by atoms with Gasteiger partial charge in [0.2, 0.25) is 0 Å². The molecular weight excluding hydrogens is 344 g/mol. The first-order valence-corrected chi connectivity index (χ1v) is 7.56. The highest BCUT2D eigenvalue weighted by Gasteiger charge is 2.18. The second-order valence-electron chi connectivity index (χ2n) is 4.39. The van der Waals surface area contributed by atoms with Crippen LogP contribution in [0.4, 0.5) is 0 Å². The summed E-state index contributed by atoms with van der Waals surface area (Å²) >= 11 is 9.29. The first kappa shape index (κ1) is 15.4. The lowest BCUT2D eigenvalue weighted by Crippen LogP contribution is -2.15. The molecule has 2 aromatic rings. The zero-order valence-electron chi connectivity index (χ0n) is 11.1. The number of aryl methyl sites for hydroxylation is 1. The van der Waals surface area contributed by atoms with E-state index in [9.17, 15) is 5.11 Å². The molecule has 0 amide bonds. The van der Waals surface area contributed by atoms with Crippen LogP contribution >= 0.6 is 27.5 Å². The van der Waals surface area contributed by atoms with Gasteiger partial charge in [-0.3, -0.25) is 4.68 Å². The Kier molecular flexibility index (Phi) is 5.46. The van der Waals surface area contributed by atoms with E-state index in [1.807, 2.05) is 0 Å². The molecule has 0 saturated carbocycles. The Morgan fingerprint density at radius 1 is 1.50 bits per heavy atom. The summed E-state index contributed by atoms with van der Waals surface area (Å²) in [4.78, 5) is 0. The lowest BCUT2D eigenvalue weighted by Gasteiger charge is -2.15. The predicted molar refractivity (Wildman–Crippen MR) is 82.1 cm³/mol. The summed E-state index contributed by atoms with van der Waals surface area (Å²) in [6, 6.07) is 7.10. The molecule has 0 aliphatic carbocycles. The molecule has 0 aliphatic rings. The van der Waals surface area contributed by atoms with Crippen LogP contribution in [0.5, 0.6) is 5.75 Å². The Hall–Kier alpha value is -1.04. The molecule has 1 atom stereocenters. The molecule has 108 valence electrons. The van der Waals surface area contributed by atoms with Crippen molar-refractivity contribution in [3.05, 3.63) is 45.7 Å². The van der Waals surface area contributed by atoms with E-state index >= 15 is 0 Å². The fraction of sp³-hybridized carbons (Fsp3) is 0.357. The van der Waals surface area contributed by atoms with E-state index in [0.29, 0.717) is 10.8 Å². The van der Waals surface area contributed by atoms with Crippen molar-refractivity contribution in [2.45, 2.75) is 26.0 Å². The van der Waals surface area contributed by atoms with Crippen LogP contribution in [0.25, 0.3) is 0 Å². The van der Waals surface area contributed by atoms with Gasteiger partial charge in [-0.15, -0.1) is 0 Å². The Labute approximate surface area is 131 Å². The van der Waals surface area contributed by atoms with Crippen molar-refractivity contribution in [2.24, 2.45) is 0 Å². The lowest BCUT2D eigenvalue weighted by molar-refractivity contribution is 0.0994. The number of hydrogen-bond donors (Lipinski definition) is 1. The van der Waals surface area contributed by atoms with Gasteiger partial charge in [-0.2, -0.15) is 5.10 Å². The fourth-order valence-electron chi connectivity index (χ4n) is 1.90. The number of aromatic nitrogens is 2. The highest BCUT2D eigenvalue weighted by Crippen LogP contribution is 2.25. The van der Waals surface area contributed by atoms with Crippen molar-refractivity contribution < 1.29 is 9.84 Å². The van der Waals surface area contributed by atoms with Crippen LogP contribution < -0.4 is 4.74 Å². The quantitative estimate of drug-likeness (QED) is 0.853. The van der Waals surface area contributed by atoms with Crippen LogP contribution in [0, 0.1) is 0 Å². The Morgan fingerprint density at radius 3 is 3.00 bits per heavy atom. The third kappa shape index (κ3) is 3.75. The number of rotatable bonds is 6. The molecule has 0 aliphatic heterocycles. The van der Waals surface area contributed by atoms with Gasteiger partial charge >= 0.3 is 0 Å². The van der Waals surface area contributed by atoms with Gasteiger partial charge in [-0.1, -0.05) is 24.6 Å². The minimum absolute atomic E-state index is 0.147. The zero-order chi connectivity index (χ0) is 14.5. The van der Waals surface area contributed by atoms with Crippen LogP contribution in [0.1, 0.15) is 25.1 Å². The monoisotopic (exact) mass is 358 g/mol. The molecule has 20 heavy (non-hydrogen) atoms. The average molecular weight is 360 g/mol. The fourth-order valence-corrected chi connectivity index (χ4v) is 2.64. The molecular formula is C14H16BrClN2O2. The maximum atomic E-state index is 10.3. The van der Waals surface area contributed by atoms with Gasteiger partial charge < -0.3 is 9.84 Å². The van der Waals surface area contributed by atoms with Crippen molar-refractivity contribution in [2.75, 3.05) is 6.61 Å². The summed E-state index contributed by atoms with van der Waals surface area (Å²) in [6.45, 7) is 2.97. The highest BCUT2D eigenvalue weighted by molar-refractivity contribution is 9.10. The lowest BCUT2D eigenvalue weighted by atomic mass is 10.2. The van der Waals surface area contributed by atoms with Crippen molar-refractivity contribution in [1.29, 1.82) is 0 Å². The summed E-state index contributed by atoms with van der Waals surface area (Å²) in [7, 11) is 0. The predicted octanol–water partition coefficient (Wildman–Crippen LogP) is 3.82. The summed E-state index contributed by atoms with van der Waals surface area (Å²) in [5.74, 6) is 0.634. The van der Waals surface area contributed by atoms with Crippen molar-refractivity contribution >= 4 is 27.5 Å². The van der Waals surface area contributed by atoms with Crippen molar-refractivity contribution in [3.8, 4) is 5.75 Å². The first-order chi connectivity index (χ1) is 9.61.